The first-order valence-electron chi connectivity index (χ1n) is 7.12. The lowest BCUT2D eigenvalue weighted by atomic mass is 10.1. The molecule has 4 nitrogen and oxygen atoms in total. The molecule has 1 aromatic rings. The summed E-state index contributed by atoms with van der Waals surface area (Å²) in [6, 6.07) is 5.88. The number of halogens is 1. The van der Waals surface area contributed by atoms with Crippen molar-refractivity contribution in [3.63, 3.8) is 0 Å². The Hall–Kier alpha value is -1.91. The van der Waals surface area contributed by atoms with Crippen LogP contribution in [0.2, 0.25) is 0 Å². The summed E-state index contributed by atoms with van der Waals surface area (Å²) in [6.45, 7) is 4.42. The number of carbonyl (C=O) groups excluding carboxylic acids is 2. The molecule has 0 fully saturated rings. The molecule has 0 radical (unpaired) electrons. The van der Waals surface area contributed by atoms with E-state index in [0.29, 0.717) is 6.54 Å². The quantitative estimate of drug-likeness (QED) is 0.727. The molecule has 0 spiro atoms. The van der Waals surface area contributed by atoms with E-state index in [0.717, 1.165) is 12.8 Å². The summed E-state index contributed by atoms with van der Waals surface area (Å²) in [4.78, 5) is 25.5. The minimum atomic E-state index is -0.547. The van der Waals surface area contributed by atoms with Gasteiger partial charge in [-0.05, 0) is 18.6 Å². The van der Waals surface area contributed by atoms with Crippen molar-refractivity contribution >= 4 is 11.9 Å². The number of amides is 1. The number of methoxy groups -OCH3 is 1. The van der Waals surface area contributed by atoms with Crippen LogP contribution in [0.25, 0.3) is 0 Å². The molecule has 21 heavy (non-hydrogen) atoms. The van der Waals surface area contributed by atoms with E-state index in [9.17, 15) is 14.0 Å². The second kappa shape index (κ2) is 8.39. The number of benzene rings is 1. The van der Waals surface area contributed by atoms with Crippen molar-refractivity contribution in [1.29, 1.82) is 0 Å². The predicted molar refractivity (Wildman–Crippen MR) is 78.4 cm³/mol. The van der Waals surface area contributed by atoms with Gasteiger partial charge in [-0.15, -0.1) is 0 Å². The van der Waals surface area contributed by atoms with Gasteiger partial charge in [0.05, 0.1) is 18.6 Å². The SMILES string of the molecule is CCCCN(CC(C)C(=O)OC)C(=O)c1ccccc1F. The highest BCUT2D eigenvalue weighted by Gasteiger charge is 2.23. The third-order valence-corrected chi connectivity index (χ3v) is 3.27. The first-order valence-corrected chi connectivity index (χ1v) is 7.12. The third-order valence-electron chi connectivity index (χ3n) is 3.27. The van der Waals surface area contributed by atoms with E-state index < -0.39 is 17.6 Å². The van der Waals surface area contributed by atoms with Gasteiger partial charge in [-0.1, -0.05) is 32.4 Å². The van der Waals surface area contributed by atoms with Crippen LogP contribution in [0.4, 0.5) is 4.39 Å². The summed E-state index contributed by atoms with van der Waals surface area (Å²) in [5, 5.41) is 0. The van der Waals surface area contributed by atoms with Crippen LogP contribution in [-0.4, -0.2) is 37.0 Å². The maximum absolute atomic E-state index is 13.7. The van der Waals surface area contributed by atoms with Crippen molar-refractivity contribution < 1.29 is 18.7 Å². The van der Waals surface area contributed by atoms with Crippen molar-refractivity contribution in [2.75, 3.05) is 20.2 Å². The molecule has 1 rings (SSSR count). The van der Waals surface area contributed by atoms with E-state index >= 15 is 0 Å². The Morgan fingerprint density at radius 1 is 1.33 bits per heavy atom. The number of rotatable bonds is 7. The largest absolute Gasteiger partial charge is 0.469 e. The van der Waals surface area contributed by atoms with Crippen molar-refractivity contribution in [3.05, 3.63) is 35.6 Å². The fraction of sp³-hybridized carbons (Fsp3) is 0.500. The molecule has 0 aliphatic rings. The number of hydrogen-bond donors (Lipinski definition) is 0. The zero-order valence-corrected chi connectivity index (χ0v) is 12.8. The van der Waals surface area contributed by atoms with Crippen LogP contribution in [0.3, 0.4) is 0 Å². The highest BCUT2D eigenvalue weighted by Crippen LogP contribution is 2.13. The summed E-state index contributed by atoms with van der Waals surface area (Å²) >= 11 is 0. The number of esters is 1. The minimum Gasteiger partial charge on any atom is -0.469 e. The van der Waals surface area contributed by atoms with Crippen molar-refractivity contribution in [2.45, 2.75) is 26.7 Å². The van der Waals surface area contributed by atoms with Gasteiger partial charge in [-0.25, -0.2) is 4.39 Å². The molecule has 0 aromatic heterocycles. The van der Waals surface area contributed by atoms with Crippen molar-refractivity contribution in [2.24, 2.45) is 5.92 Å². The third kappa shape index (κ3) is 4.85. The maximum atomic E-state index is 13.7. The van der Waals surface area contributed by atoms with Crippen LogP contribution >= 0.6 is 0 Å². The fourth-order valence-electron chi connectivity index (χ4n) is 2.04. The predicted octanol–water partition coefficient (Wildman–Crippen LogP) is 2.88. The lowest BCUT2D eigenvalue weighted by Crippen LogP contribution is -2.38. The molecule has 0 saturated heterocycles. The number of ether oxygens (including phenoxy) is 1. The topological polar surface area (TPSA) is 46.6 Å². The summed E-state index contributed by atoms with van der Waals surface area (Å²) in [5.74, 6) is -1.76. The smallest absolute Gasteiger partial charge is 0.310 e. The van der Waals surface area contributed by atoms with E-state index in [-0.39, 0.29) is 18.1 Å². The van der Waals surface area contributed by atoms with Crippen LogP contribution in [0.5, 0.6) is 0 Å². The van der Waals surface area contributed by atoms with E-state index in [4.69, 9.17) is 0 Å². The average Bonchev–Trinajstić information content (AvgIpc) is 2.50. The van der Waals surface area contributed by atoms with Crippen LogP contribution in [-0.2, 0) is 9.53 Å². The van der Waals surface area contributed by atoms with Crippen molar-refractivity contribution in [1.82, 2.24) is 4.90 Å². The summed E-state index contributed by atoms with van der Waals surface area (Å²) in [5.41, 5.74) is 0.0330. The first-order chi connectivity index (χ1) is 10.0. The Labute approximate surface area is 124 Å². The van der Waals surface area contributed by atoms with Gasteiger partial charge in [0.1, 0.15) is 5.82 Å². The molecule has 116 valence electrons. The zero-order chi connectivity index (χ0) is 15.8. The number of hydrogen-bond acceptors (Lipinski definition) is 3. The summed E-state index contributed by atoms with van der Waals surface area (Å²) < 4.78 is 18.4. The molecule has 0 aliphatic heterocycles. The minimum absolute atomic E-state index is 0.0330. The monoisotopic (exact) mass is 295 g/mol. The Morgan fingerprint density at radius 2 is 2.00 bits per heavy atom. The molecular weight excluding hydrogens is 273 g/mol. The molecule has 1 unspecified atom stereocenters. The molecule has 0 heterocycles. The fourth-order valence-corrected chi connectivity index (χ4v) is 2.04. The van der Waals surface area contributed by atoms with E-state index in [1.165, 1.54) is 24.1 Å². The van der Waals surface area contributed by atoms with Gasteiger partial charge in [0.15, 0.2) is 0 Å². The first kappa shape index (κ1) is 17.1. The van der Waals surface area contributed by atoms with Gasteiger partial charge >= 0.3 is 5.97 Å². The van der Waals surface area contributed by atoms with Gasteiger partial charge in [0, 0.05) is 13.1 Å². The molecule has 1 aromatic carbocycles. The van der Waals surface area contributed by atoms with Crippen LogP contribution in [0.1, 0.15) is 37.0 Å². The van der Waals surface area contributed by atoms with E-state index in [1.54, 1.807) is 19.1 Å². The highest BCUT2D eigenvalue weighted by molar-refractivity contribution is 5.94. The molecule has 5 heteroatoms. The van der Waals surface area contributed by atoms with Crippen LogP contribution in [0.15, 0.2) is 24.3 Å². The second-order valence-electron chi connectivity index (χ2n) is 5.01. The highest BCUT2D eigenvalue weighted by atomic mass is 19.1. The lowest BCUT2D eigenvalue weighted by molar-refractivity contribution is -0.145. The Balaban J connectivity index is 2.89. The summed E-state index contributed by atoms with van der Waals surface area (Å²) in [7, 11) is 1.31. The zero-order valence-electron chi connectivity index (χ0n) is 12.8. The summed E-state index contributed by atoms with van der Waals surface area (Å²) in [6.07, 6.45) is 1.71. The number of carbonyl (C=O) groups is 2. The normalized spacial score (nSPS) is 11.8. The maximum Gasteiger partial charge on any atom is 0.310 e. The second-order valence-corrected chi connectivity index (χ2v) is 5.01. The van der Waals surface area contributed by atoms with Crippen LogP contribution in [0, 0.1) is 11.7 Å². The van der Waals surface area contributed by atoms with Gasteiger partial charge < -0.3 is 9.64 Å². The van der Waals surface area contributed by atoms with Crippen LogP contribution < -0.4 is 0 Å². The van der Waals surface area contributed by atoms with Gasteiger partial charge in [-0.2, -0.15) is 0 Å². The molecule has 0 N–H and O–H groups in total. The van der Waals surface area contributed by atoms with E-state index in [1.807, 2.05) is 6.92 Å². The Morgan fingerprint density at radius 3 is 2.57 bits per heavy atom. The lowest BCUT2D eigenvalue weighted by Gasteiger charge is -2.25. The van der Waals surface area contributed by atoms with Gasteiger partial charge in [-0.3, -0.25) is 9.59 Å². The van der Waals surface area contributed by atoms with Gasteiger partial charge in [0.25, 0.3) is 5.91 Å². The molecule has 1 atom stereocenters. The number of nitrogens with zero attached hydrogens (tertiary/aromatic N) is 1. The Bertz CT molecular complexity index is 490. The standard InChI is InChI=1S/C16H22FNO3/c1-4-5-10-18(11-12(2)16(20)21-3)15(19)13-8-6-7-9-14(13)17/h6-9,12H,4-5,10-11H2,1-3H3. The molecule has 0 aliphatic carbocycles. The van der Waals surface area contributed by atoms with Gasteiger partial charge in [0.2, 0.25) is 0 Å². The van der Waals surface area contributed by atoms with E-state index in [2.05, 4.69) is 4.74 Å². The Kier molecular flexibility index (Phi) is 6.85. The molecule has 0 saturated carbocycles. The molecule has 1 amide bonds. The number of unbranched alkanes of at least 4 members (excludes halogenated alkanes) is 1. The van der Waals surface area contributed by atoms with Crippen molar-refractivity contribution in [3.8, 4) is 0 Å². The average molecular weight is 295 g/mol. The molecule has 0 bridgehead atoms. The molecular formula is C16H22FNO3.